The first-order valence-electron chi connectivity index (χ1n) is 11.0. The lowest BCUT2D eigenvalue weighted by Crippen LogP contribution is -2.55. The fourth-order valence-corrected chi connectivity index (χ4v) is 3.93. The quantitative estimate of drug-likeness (QED) is 0.603. The molecule has 32 heavy (non-hydrogen) atoms. The van der Waals surface area contributed by atoms with Gasteiger partial charge in [0.15, 0.2) is 0 Å². The summed E-state index contributed by atoms with van der Waals surface area (Å²) in [6.45, 7) is 8.33. The van der Waals surface area contributed by atoms with Gasteiger partial charge in [-0.15, -0.1) is 0 Å². The third-order valence-electron chi connectivity index (χ3n) is 5.71. The summed E-state index contributed by atoms with van der Waals surface area (Å²) in [4.78, 5) is 31.9. The number of pyridine rings is 1. The number of piperidine rings is 1. The van der Waals surface area contributed by atoms with E-state index in [1.807, 2.05) is 45.3 Å². The molecule has 1 saturated heterocycles. The number of rotatable bonds is 6. The van der Waals surface area contributed by atoms with E-state index in [0.29, 0.717) is 23.2 Å². The molecule has 0 aliphatic carbocycles. The van der Waals surface area contributed by atoms with E-state index in [9.17, 15) is 9.59 Å². The van der Waals surface area contributed by atoms with Crippen LogP contribution < -0.4 is 20.9 Å². The molecule has 7 nitrogen and oxygen atoms in total. The second-order valence-electron chi connectivity index (χ2n) is 9.29. The van der Waals surface area contributed by atoms with Crippen molar-refractivity contribution in [3.8, 4) is 0 Å². The van der Waals surface area contributed by atoms with E-state index in [-0.39, 0.29) is 5.91 Å². The lowest BCUT2D eigenvalue weighted by molar-refractivity contribution is -0.125. The van der Waals surface area contributed by atoms with Crippen molar-refractivity contribution < 1.29 is 9.59 Å². The van der Waals surface area contributed by atoms with Crippen molar-refractivity contribution in [3.05, 3.63) is 53.8 Å². The summed E-state index contributed by atoms with van der Waals surface area (Å²) in [5.74, 6) is 0.251. The molecule has 1 aromatic carbocycles. The fraction of sp³-hybridized carbons (Fsp3) is 0.458. The van der Waals surface area contributed by atoms with E-state index in [1.165, 1.54) is 5.69 Å². The fourth-order valence-electron chi connectivity index (χ4n) is 3.80. The van der Waals surface area contributed by atoms with Crippen LogP contribution in [0.25, 0.3) is 0 Å². The standard InChI is InChI=1S/C24H32ClN5O2/c1-24(2,3)21(29-23(32)28-19-6-4-18(25)5-7-19)22(31)27-16-17-10-14-30(15-11-17)20-8-12-26-13-9-20/h4-9,12-13,17,21H,10-11,14-16H2,1-3H3,(H,27,31)(H2,28,29,32). The number of nitrogens with zero attached hydrogens (tertiary/aromatic N) is 2. The van der Waals surface area contributed by atoms with Crippen molar-refractivity contribution in [1.82, 2.24) is 15.6 Å². The summed E-state index contributed by atoms with van der Waals surface area (Å²) in [6, 6.07) is 9.79. The second kappa shape index (κ2) is 10.7. The Morgan fingerprint density at radius 3 is 2.31 bits per heavy atom. The third-order valence-corrected chi connectivity index (χ3v) is 5.97. The molecule has 2 heterocycles. The largest absolute Gasteiger partial charge is 0.371 e. The highest BCUT2D eigenvalue weighted by atomic mass is 35.5. The topological polar surface area (TPSA) is 86.4 Å². The van der Waals surface area contributed by atoms with E-state index >= 15 is 0 Å². The molecule has 0 spiro atoms. The Balaban J connectivity index is 1.49. The van der Waals surface area contributed by atoms with Crippen molar-refractivity contribution in [2.45, 2.75) is 39.7 Å². The number of anilines is 2. The SMILES string of the molecule is CC(C)(C)C(NC(=O)Nc1ccc(Cl)cc1)C(=O)NCC1CCN(c2ccncc2)CC1. The van der Waals surface area contributed by atoms with Crippen molar-refractivity contribution in [2.24, 2.45) is 11.3 Å². The van der Waals surface area contributed by atoms with Crippen LogP contribution in [0.15, 0.2) is 48.8 Å². The van der Waals surface area contributed by atoms with Crippen molar-refractivity contribution >= 4 is 34.9 Å². The number of carbonyl (C=O) groups excluding carboxylic acids is 2. The number of aromatic nitrogens is 1. The smallest absolute Gasteiger partial charge is 0.319 e. The van der Waals surface area contributed by atoms with Crippen molar-refractivity contribution in [1.29, 1.82) is 0 Å². The number of nitrogens with one attached hydrogen (secondary N) is 3. The van der Waals surface area contributed by atoms with Gasteiger partial charge in [-0.1, -0.05) is 32.4 Å². The minimum Gasteiger partial charge on any atom is -0.371 e. The predicted octanol–water partition coefficient (Wildman–Crippen LogP) is 4.30. The number of hydrogen-bond donors (Lipinski definition) is 3. The predicted molar refractivity (Wildman–Crippen MR) is 129 cm³/mol. The van der Waals surface area contributed by atoms with Gasteiger partial charge in [-0.3, -0.25) is 9.78 Å². The highest BCUT2D eigenvalue weighted by Crippen LogP contribution is 2.23. The van der Waals surface area contributed by atoms with Gasteiger partial charge < -0.3 is 20.9 Å². The lowest BCUT2D eigenvalue weighted by atomic mass is 9.86. The van der Waals surface area contributed by atoms with Crippen LogP contribution in [0, 0.1) is 11.3 Å². The summed E-state index contributed by atoms with van der Waals surface area (Å²) in [7, 11) is 0. The van der Waals surface area contributed by atoms with Gasteiger partial charge in [-0.25, -0.2) is 4.79 Å². The Morgan fingerprint density at radius 2 is 1.72 bits per heavy atom. The highest BCUT2D eigenvalue weighted by Gasteiger charge is 2.33. The summed E-state index contributed by atoms with van der Waals surface area (Å²) >= 11 is 5.89. The summed E-state index contributed by atoms with van der Waals surface area (Å²) in [5.41, 5.74) is 1.36. The normalized spacial score (nSPS) is 15.7. The Morgan fingerprint density at radius 1 is 1.09 bits per heavy atom. The maximum absolute atomic E-state index is 13.0. The van der Waals surface area contributed by atoms with Crippen LogP contribution in [0.4, 0.5) is 16.2 Å². The number of urea groups is 1. The summed E-state index contributed by atoms with van der Waals surface area (Å²) in [5, 5.41) is 9.24. The molecule has 3 rings (SSSR count). The zero-order valence-corrected chi connectivity index (χ0v) is 19.7. The van der Waals surface area contributed by atoms with Crippen molar-refractivity contribution in [2.75, 3.05) is 29.9 Å². The zero-order valence-electron chi connectivity index (χ0n) is 18.9. The Kier molecular flexibility index (Phi) is 7.96. The van der Waals surface area contributed by atoms with E-state index < -0.39 is 17.5 Å². The molecule has 0 bridgehead atoms. The summed E-state index contributed by atoms with van der Waals surface area (Å²) < 4.78 is 0. The molecule has 1 aromatic heterocycles. The van der Waals surface area contributed by atoms with Crippen LogP contribution in [0.1, 0.15) is 33.6 Å². The van der Waals surface area contributed by atoms with Crippen LogP contribution in [-0.4, -0.2) is 42.6 Å². The monoisotopic (exact) mass is 457 g/mol. The van der Waals surface area contributed by atoms with Crippen LogP contribution in [-0.2, 0) is 4.79 Å². The average Bonchev–Trinajstić information content (AvgIpc) is 2.77. The molecule has 1 atom stereocenters. The van der Waals surface area contributed by atoms with Gasteiger partial charge in [0.2, 0.25) is 5.91 Å². The van der Waals surface area contributed by atoms with Gasteiger partial charge in [-0.2, -0.15) is 0 Å². The number of benzene rings is 1. The molecule has 0 saturated carbocycles. The van der Waals surface area contributed by atoms with Crippen LogP contribution in [0.2, 0.25) is 5.02 Å². The minimum atomic E-state index is -0.660. The molecule has 8 heteroatoms. The second-order valence-corrected chi connectivity index (χ2v) is 9.72. The Hall–Kier alpha value is -2.80. The molecule has 1 aliphatic rings. The van der Waals surface area contributed by atoms with E-state index in [0.717, 1.165) is 25.9 Å². The molecular weight excluding hydrogens is 426 g/mol. The molecule has 1 fully saturated rings. The highest BCUT2D eigenvalue weighted by molar-refractivity contribution is 6.30. The first-order valence-corrected chi connectivity index (χ1v) is 11.4. The van der Waals surface area contributed by atoms with Gasteiger partial charge in [0.25, 0.3) is 0 Å². The number of carbonyl (C=O) groups is 2. The number of hydrogen-bond acceptors (Lipinski definition) is 4. The maximum Gasteiger partial charge on any atom is 0.319 e. The number of amides is 3. The average molecular weight is 458 g/mol. The first-order chi connectivity index (χ1) is 15.2. The Bertz CT molecular complexity index is 891. The van der Waals surface area contributed by atoms with Crippen LogP contribution in [0.5, 0.6) is 0 Å². The van der Waals surface area contributed by atoms with Crippen LogP contribution >= 0.6 is 11.6 Å². The molecule has 2 aromatic rings. The van der Waals surface area contributed by atoms with E-state index in [2.05, 4.69) is 25.8 Å². The van der Waals surface area contributed by atoms with Crippen molar-refractivity contribution in [3.63, 3.8) is 0 Å². The van der Waals surface area contributed by atoms with Gasteiger partial charge in [0, 0.05) is 48.4 Å². The van der Waals surface area contributed by atoms with Gasteiger partial charge in [0.1, 0.15) is 6.04 Å². The van der Waals surface area contributed by atoms with E-state index in [4.69, 9.17) is 11.6 Å². The van der Waals surface area contributed by atoms with Crippen LogP contribution in [0.3, 0.4) is 0 Å². The number of halogens is 1. The minimum absolute atomic E-state index is 0.166. The summed E-state index contributed by atoms with van der Waals surface area (Å²) in [6.07, 6.45) is 5.63. The molecule has 3 amide bonds. The lowest BCUT2D eigenvalue weighted by Gasteiger charge is -2.34. The maximum atomic E-state index is 13.0. The van der Waals surface area contributed by atoms with Gasteiger partial charge in [-0.05, 0) is 60.6 Å². The molecule has 1 aliphatic heterocycles. The molecule has 1 unspecified atom stereocenters. The van der Waals surface area contributed by atoms with Gasteiger partial charge in [0.05, 0.1) is 0 Å². The third kappa shape index (κ3) is 6.85. The molecule has 172 valence electrons. The van der Waals surface area contributed by atoms with Gasteiger partial charge >= 0.3 is 6.03 Å². The first kappa shape index (κ1) is 23.9. The molecular formula is C24H32ClN5O2. The molecule has 0 radical (unpaired) electrons. The Labute approximate surface area is 194 Å². The zero-order chi connectivity index (χ0) is 23.1. The molecule has 3 N–H and O–H groups in total. The van der Waals surface area contributed by atoms with E-state index in [1.54, 1.807) is 24.3 Å².